The van der Waals surface area contributed by atoms with Gasteiger partial charge in [0.2, 0.25) is 0 Å². The van der Waals surface area contributed by atoms with Gasteiger partial charge in [0.1, 0.15) is 5.60 Å². The first-order valence-electron chi connectivity index (χ1n) is 10.7. The highest BCUT2D eigenvalue weighted by atomic mass is 16.6. The van der Waals surface area contributed by atoms with Crippen LogP contribution in [0.1, 0.15) is 58.1 Å². The Morgan fingerprint density at radius 3 is 2.00 bits per heavy atom. The summed E-state index contributed by atoms with van der Waals surface area (Å²) >= 11 is 0. The van der Waals surface area contributed by atoms with E-state index >= 15 is 0 Å². The molecule has 2 rings (SSSR count). The fourth-order valence-electron chi connectivity index (χ4n) is 3.01. The van der Waals surface area contributed by atoms with Gasteiger partial charge in [-0.05, 0) is 68.8 Å². The molecular formula is C25H36N2O2. The van der Waals surface area contributed by atoms with E-state index < -0.39 is 5.60 Å². The maximum absolute atomic E-state index is 11.6. The Bertz CT molecular complexity index is 731. The first-order chi connectivity index (χ1) is 13.9. The molecule has 0 fully saturated rings. The standard InChI is InChI=1S/C25H36N2O2/c1-5-6-8-20-9-13-22(14-10-20)23-15-11-21(12-16-23)19-26-17-7-18-27-24(28)29-25(2,3)4/h9-16,26H,5-8,17-19H2,1-4H3,(H,27,28). The van der Waals surface area contributed by atoms with E-state index in [0.717, 1.165) is 25.9 Å². The minimum Gasteiger partial charge on any atom is -0.444 e. The van der Waals surface area contributed by atoms with Crippen LogP contribution in [-0.4, -0.2) is 24.8 Å². The normalized spacial score (nSPS) is 11.3. The van der Waals surface area contributed by atoms with Crippen molar-refractivity contribution < 1.29 is 9.53 Å². The van der Waals surface area contributed by atoms with E-state index in [1.807, 2.05) is 20.8 Å². The zero-order valence-electron chi connectivity index (χ0n) is 18.4. The van der Waals surface area contributed by atoms with E-state index in [4.69, 9.17) is 4.74 Å². The summed E-state index contributed by atoms with van der Waals surface area (Å²) in [6.07, 6.45) is 4.15. The molecule has 158 valence electrons. The molecule has 0 heterocycles. The smallest absolute Gasteiger partial charge is 0.407 e. The number of unbranched alkanes of at least 4 members (excludes halogenated alkanes) is 1. The molecule has 4 nitrogen and oxygen atoms in total. The van der Waals surface area contributed by atoms with Crippen molar-refractivity contribution in [3.05, 3.63) is 59.7 Å². The molecule has 0 unspecified atom stereocenters. The van der Waals surface area contributed by atoms with Crippen molar-refractivity contribution in [1.82, 2.24) is 10.6 Å². The highest BCUT2D eigenvalue weighted by Gasteiger charge is 2.15. The van der Waals surface area contributed by atoms with E-state index in [9.17, 15) is 4.79 Å². The number of nitrogens with one attached hydrogen (secondary N) is 2. The lowest BCUT2D eigenvalue weighted by Crippen LogP contribution is -2.33. The van der Waals surface area contributed by atoms with E-state index in [2.05, 4.69) is 66.1 Å². The Morgan fingerprint density at radius 1 is 0.862 bits per heavy atom. The average Bonchev–Trinajstić information content (AvgIpc) is 2.68. The van der Waals surface area contributed by atoms with Crippen LogP contribution in [0, 0.1) is 0 Å². The third-order valence-electron chi connectivity index (χ3n) is 4.59. The van der Waals surface area contributed by atoms with E-state index in [1.54, 1.807) is 0 Å². The van der Waals surface area contributed by atoms with Gasteiger partial charge in [-0.1, -0.05) is 61.9 Å². The third-order valence-corrected chi connectivity index (χ3v) is 4.59. The predicted molar refractivity (Wildman–Crippen MR) is 121 cm³/mol. The van der Waals surface area contributed by atoms with Gasteiger partial charge in [0.15, 0.2) is 0 Å². The van der Waals surface area contributed by atoms with Crippen LogP contribution in [0.5, 0.6) is 0 Å². The van der Waals surface area contributed by atoms with E-state index in [1.165, 1.54) is 35.1 Å². The molecule has 0 bridgehead atoms. The van der Waals surface area contributed by atoms with Gasteiger partial charge < -0.3 is 15.4 Å². The van der Waals surface area contributed by atoms with Gasteiger partial charge in [-0.25, -0.2) is 4.79 Å². The maximum atomic E-state index is 11.6. The van der Waals surface area contributed by atoms with Crippen LogP contribution in [0.3, 0.4) is 0 Å². The Labute approximate surface area is 176 Å². The fraction of sp³-hybridized carbons (Fsp3) is 0.480. The summed E-state index contributed by atoms with van der Waals surface area (Å²) in [7, 11) is 0. The van der Waals surface area contributed by atoms with Crippen LogP contribution in [-0.2, 0) is 17.7 Å². The third kappa shape index (κ3) is 9.14. The number of ether oxygens (including phenoxy) is 1. The van der Waals surface area contributed by atoms with Crippen LogP contribution in [0.4, 0.5) is 4.79 Å². The molecule has 4 heteroatoms. The highest BCUT2D eigenvalue weighted by Crippen LogP contribution is 2.21. The second kappa shape index (κ2) is 11.6. The SMILES string of the molecule is CCCCc1ccc(-c2ccc(CNCCCNC(=O)OC(C)(C)C)cc2)cc1. The molecule has 0 aliphatic heterocycles. The van der Waals surface area contributed by atoms with Crippen LogP contribution in [0.25, 0.3) is 11.1 Å². The second-order valence-electron chi connectivity index (χ2n) is 8.46. The van der Waals surface area contributed by atoms with Crippen molar-refractivity contribution in [3.63, 3.8) is 0 Å². The summed E-state index contributed by atoms with van der Waals surface area (Å²) in [6, 6.07) is 17.6. The molecule has 0 saturated carbocycles. The molecule has 2 aromatic carbocycles. The molecule has 0 radical (unpaired) electrons. The Morgan fingerprint density at radius 2 is 1.45 bits per heavy atom. The number of benzene rings is 2. The van der Waals surface area contributed by atoms with Crippen molar-refractivity contribution in [2.45, 2.75) is 65.5 Å². The highest BCUT2D eigenvalue weighted by molar-refractivity contribution is 5.67. The summed E-state index contributed by atoms with van der Waals surface area (Å²) in [5.41, 5.74) is 4.73. The Balaban J connectivity index is 1.68. The Kier molecular flexibility index (Phi) is 9.20. The minimum atomic E-state index is -0.453. The first kappa shape index (κ1) is 23.0. The summed E-state index contributed by atoms with van der Waals surface area (Å²) in [6.45, 7) is 10.1. The number of hydrogen-bond acceptors (Lipinski definition) is 3. The molecule has 0 aliphatic carbocycles. The largest absolute Gasteiger partial charge is 0.444 e. The molecule has 29 heavy (non-hydrogen) atoms. The summed E-state index contributed by atoms with van der Waals surface area (Å²) < 4.78 is 5.21. The number of amides is 1. The number of carbonyl (C=O) groups is 1. The number of aryl methyl sites for hydroxylation is 1. The van der Waals surface area contributed by atoms with E-state index in [-0.39, 0.29) is 6.09 Å². The zero-order chi connectivity index (χ0) is 21.1. The van der Waals surface area contributed by atoms with Crippen molar-refractivity contribution in [3.8, 4) is 11.1 Å². The molecule has 0 atom stereocenters. The fourth-order valence-corrected chi connectivity index (χ4v) is 3.01. The van der Waals surface area contributed by atoms with Crippen LogP contribution in [0.2, 0.25) is 0 Å². The molecule has 0 spiro atoms. The average molecular weight is 397 g/mol. The van der Waals surface area contributed by atoms with Gasteiger partial charge in [0, 0.05) is 13.1 Å². The van der Waals surface area contributed by atoms with Crippen molar-refractivity contribution in [1.29, 1.82) is 0 Å². The molecule has 0 aromatic heterocycles. The van der Waals surface area contributed by atoms with Gasteiger partial charge in [-0.2, -0.15) is 0 Å². The summed E-state index contributed by atoms with van der Waals surface area (Å²) in [5, 5.41) is 6.20. The quantitative estimate of drug-likeness (QED) is 0.506. The molecule has 2 aromatic rings. The number of alkyl carbamates (subject to hydrolysis) is 1. The first-order valence-corrected chi connectivity index (χ1v) is 10.7. The van der Waals surface area contributed by atoms with Gasteiger partial charge in [0.25, 0.3) is 0 Å². The van der Waals surface area contributed by atoms with Crippen molar-refractivity contribution >= 4 is 6.09 Å². The lowest BCUT2D eigenvalue weighted by Gasteiger charge is -2.19. The van der Waals surface area contributed by atoms with E-state index in [0.29, 0.717) is 6.54 Å². The van der Waals surface area contributed by atoms with Gasteiger partial charge in [0.05, 0.1) is 0 Å². The molecule has 1 amide bonds. The van der Waals surface area contributed by atoms with Crippen molar-refractivity contribution in [2.75, 3.05) is 13.1 Å². The summed E-state index contributed by atoms with van der Waals surface area (Å²) in [4.78, 5) is 11.6. The lowest BCUT2D eigenvalue weighted by molar-refractivity contribution is 0.0527. The van der Waals surface area contributed by atoms with Crippen LogP contribution >= 0.6 is 0 Å². The van der Waals surface area contributed by atoms with Gasteiger partial charge in [-0.15, -0.1) is 0 Å². The molecule has 0 saturated heterocycles. The predicted octanol–water partition coefficient (Wildman–Crippen LogP) is 5.70. The van der Waals surface area contributed by atoms with Crippen molar-refractivity contribution in [2.24, 2.45) is 0 Å². The van der Waals surface area contributed by atoms with Gasteiger partial charge >= 0.3 is 6.09 Å². The van der Waals surface area contributed by atoms with Gasteiger partial charge in [-0.3, -0.25) is 0 Å². The molecular weight excluding hydrogens is 360 g/mol. The summed E-state index contributed by atoms with van der Waals surface area (Å²) in [5.74, 6) is 0. The Hall–Kier alpha value is -2.33. The molecule has 0 aliphatic rings. The topological polar surface area (TPSA) is 50.4 Å². The second-order valence-corrected chi connectivity index (χ2v) is 8.46. The molecule has 2 N–H and O–H groups in total. The number of rotatable bonds is 10. The number of carbonyl (C=O) groups excluding carboxylic acids is 1. The van der Waals surface area contributed by atoms with Crippen LogP contribution < -0.4 is 10.6 Å². The monoisotopic (exact) mass is 396 g/mol. The number of hydrogen-bond donors (Lipinski definition) is 2. The lowest BCUT2D eigenvalue weighted by atomic mass is 10.0. The zero-order valence-corrected chi connectivity index (χ0v) is 18.4. The maximum Gasteiger partial charge on any atom is 0.407 e. The minimum absolute atomic E-state index is 0.355. The van der Waals surface area contributed by atoms with Crippen LogP contribution in [0.15, 0.2) is 48.5 Å².